The number of nitrogens with zero attached hydrogens (tertiary/aromatic N) is 1. The van der Waals surface area contributed by atoms with E-state index in [2.05, 4.69) is 21.1 Å². The van der Waals surface area contributed by atoms with Crippen LogP contribution in [0, 0.1) is 4.91 Å². The van der Waals surface area contributed by atoms with E-state index in [1.807, 2.05) is 0 Å². The molecule has 0 unspecified atom stereocenters. The number of unbranched alkanes of at least 4 members (excludes halogenated alkanes) is 1. The van der Waals surface area contributed by atoms with Crippen LogP contribution in [-0.4, -0.2) is 66.5 Å². The molecule has 0 aliphatic heterocycles. The fraction of sp³-hybridized carbons (Fsp3) is 0.625. The minimum absolute atomic E-state index is 0.0848. The first-order valence-electron chi connectivity index (χ1n) is 8.69. The lowest BCUT2D eigenvalue weighted by Crippen LogP contribution is -2.54. The molecule has 12 nitrogen and oxygen atoms in total. The predicted molar refractivity (Wildman–Crippen MR) is 104 cm³/mol. The smallest absolute Gasteiger partial charge is 0.288 e. The van der Waals surface area contributed by atoms with E-state index in [0.717, 1.165) is 0 Å². The number of nitrogens with two attached hydrogens (primary N) is 1. The highest BCUT2D eigenvalue weighted by molar-refractivity contribution is 7.98. The maximum absolute atomic E-state index is 12.4. The highest BCUT2D eigenvalue weighted by Crippen LogP contribution is 2.03. The van der Waals surface area contributed by atoms with Crippen LogP contribution in [0.4, 0.5) is 0 Å². The number of hydrogen-bond donors (Lipinski definition) is 4. The Bertz CT molecular complexity index is 629. The SMILES string of the molecule is CSCC[C@H](NC(=O)CNC(=O)CCCC=O)C(=O)N[C@@H](CC(=O)N=O)C(N)=O. The van der Waals surface area contributed by atoms with Crippen molar-refractivity contribution in [2.45, 2.75) is 44.2 Å². The number of carbonyl (C=O) groups is 6. The van der Waals surface area contributed by atoms with Crippen molar-refractivity contribution < 1.29 is 28.8 Å². The summed E-state index contributed by atoms with van der Waals surface area (Å²) in [5, 5.41) is 9.16. The zero-order valence-electron chi connectivity index (χ0n) is 16.0. The molecule has 0 saturated carbocycles. The molecule has 0 aromatic carbocycles. The number of nitroso groups, excluding NO2 is 1. The van der Waals surface area contributed by atoms with E-state index in [0.29, 0.717) is 18.5 Å². The summed E-state index contributed by atoms with van der Waals surface area (Å²) in [4.78, 5) is 78.9. The number of amides is 5. The Hall–Kier alpha value is -2.83. The molecule has 13 heteroatoms. The first kappa shape index (κ1) is 26.2. The first-order valence-corrected chi connectivity index (χ1v) is 10.1. The molecule has 0 fully saturated rings. The molecule has 2 atom stereocenters. The van der Waals surface area contributed by atoms with Gasteiger partial charge in [-0.25, -0.2) is 0 Å². The molecule has 0 aliphatic carbocycles. The van der Waals surface area contributed by atoms with Gasteiger partial charge in [-0.05, 0) is 24.9 Å². The summed E-state index contributed by atoms with van der Waals surface area (Å²) < 4.78 is 0. The monoisotopic (exact) mass is 431 g/mol. The normalized spacial score (nSPS) is 12.2. The second-order valence-corrected chi connectivity index (χ2v) is 6.88. The van der Waals surface area contributed by atoms with Gasteiger partial charge in [0.05, 0.1) is 13.0 Å². The number of hydrogen-bond acceptors (Lipinski definition) is 8. The molecule has 162 valence electrons. The van der Waals surface area contributed by atoms with E-state index in [9.17, 15) is 33.7 Å². The number of nitrogens with one attached hydrogen (secondary N) is 3. The number of thioether (sulfide) groups is 1. The number of primary amides is 1. The lowest BCUT2D eigenvalue weighted by Gasteiger charge is -2.21. The van der Waals surface area contributed by atoms with Gasteiger partial charge < -0.3 is 26.5 Å². The third kappa shape index (κ3) is 12.3. The van der Waals surface area contributed by atoms with Crippen molar-refractivity contribution in [1.29, 1.82) is 0 Å². The van der Waals surface area contributed by atoms with Crippen LogP contribution in [0.3, 0.4) is 0 Å². The first-order chi connectivity index (χ1) is 13.7. The van der Waals surface area contributed by atoms with Crippen LogP contribution < -0.4 is 21.7 Å². The van der Waals surface area contributed by atoms with Crippen LogP contribution in [-0.2, 0) is 28.8 Å². The Labute approximate surface area is 171 Å². The summed E-state index contributed by atoms with van der Waals surface area (Å²) in [5.41, 5.74) is 5.11. The van der Waals surface area contributed by atoms with E-state index in [4.69, 9.17) is 5.73 Å². The Morgan fingerprint density at radius 3 is 2.34 bits per heavy atom. The van der Waals surface area contributed by atoms with Gasteiger partial charge in [0.2, 0.25) is 23.6 Å². The molecule has 0 aliphatic rings. The van der Waals surface area contributed by atoms with Crippen LogP contribution in [0.15, 0.2) is 5.18 Å². The summed E-state index contributed by atoms with van der Waals surface area (Å²) in [6.07, 6.45) is 2.67. The fourth-order valence-corrected chi connectivity index (χ4v) is 2.54. The summed E-state index contributed by atoms with van der Waals surface area (Å²) in [6, 6.07) is -2.50. The van der Waals surface area contributed by atoms with Gasteiger partial charge in [0, 0.05) is 18.0 Å². The van der Waals surface area contributed by atoms with Crippen molar-refractivity contribution in [2.24, 2.45) is 10.9 Å². The van der Waals surface area contributed by atoms with Gasteiger partial charge in [-0.15, -0.1) is 4.91 Å². The maximum atomic E-state index is 12.4. The van der Waals surface area contributed by atoms with Gasteiger partial charge in [-0.1, -0.05) is 0 Å². The van der Waals surface area contributed by atoms with Gasteiger partial charge in [0.15, 0.2) is 0 Å². The lowest BCUT2D eigenvalue weighted by molar-refractivity contribution is -0.132. The molecule has 0 rings (SSSR count). The molecule has 0 heterocycles. The van der Waals surface area contributed by atoms with E-state index in [-0.39, 0.29) is 25.8 Å². The van der Waals surface area contributed by atoms with Gasteiger partial charge in [0.25, 0.3) is 5.91 Å². The topological polar surface area (TPSA) is 194 Å². The van der Waals surface area contributed by atoms with Crippen LogP contribution in [0.25, 0.3) is 0 Å². The standard InChI is InChI=1S/C16H25N5O7S/c1-29-7-5-10(16(27)20-11(15(17)26)8-13(24)21-28)19-14(25)9-18-12(23)4-2-3-6-22/h6,10-11H,2-5,7-9H2,1H3,(H2,17,26)(H,18,23)(H,19,25)(H,20,27)/t10-,11-/m0/s1. The fourth-order valence-electron chi connectivity index (χ4n) is 2.07. The summed E-state index contributed by atoms with van der Waals surface area (Å²) >= 11 is 1.41. The zero-order valence-corrected chi connectivity index (χ0v) is 16.8. The van der Waals surface area contributed by atoms with E-state index >= 15 is 0 Å². The van der Waals surface area contributed by atoms with Crippen molar-refractivity contribution in [3.8, 4) is 0 Å². The molecule has 29 heavy (non-hydrogen) atoms. The van der Waals surface area contributed by atoms with Crippen molar-refractivity contribution in [1.82, 2.24) is 16.0 Å². The van der Waals surface area contributed by atoms with Crippen LogP contribution >= 0.6 is 11.8 Å². The second kappa shape index (κ2) is 15.1. The zero-order chi connectivity index (χ0) is 22.2. The summed E-state index contributed by atoms with van der Waals surface area (Å²) in [7, 11) is 0. The molecular weight excluding hydrogens is 406 g/mol. The highest BCUT2D eigenvalue weighted by atomic mass is 32.2. The van der Waals surface area contributed by atoms with Gasteiger partial charge in [-0.2, -0.15) is 11.8 Å². The van der Waals surface area contributed by atoms with E-state index in [1.165, 1.54) is 11.8 Å². The Kier molecular flexibility index (Phi) is 13.7. The van der Waals surface area contributed by atoms with Crippen LogP contribution in [0.1, 0.15) is 32.1 Å². The quantitative estimate of drug-likeness (QED) is 0.135. The molecule has 0 spiro atoms. The van der Waals surface area contributed by atoms with Crippen molar-refractivity contribution >= 4 is 47.6 Å². The Morgan fingerprint density at radius 2 is 1.79 bits per heavy atom. The Balaban J connectivity index is 4.80. The number of aldehydes is 1. The van der Waals surface area contributed by atoms with Crippen molar-refractivity contribution in [2.75, 3.05) is 18.6 Å². The molecular formula is C16H25N5O7S. The summed E-state index contributed by atoms with van der Waals surface area (Å²) in [6.45, 7) is -0.379. The minimum atomic E-state index is -1.45. The average molecular weight is 431 g/mol. The van der Waals surface area contributed by atoms with Crippen LogP contribution in [0.2, 0.25) is 0 Å². The van der Waals surface area contributed by atoms with E-state index < -0.39 is 48.0 Å². The largest absolute Gasteiger partial charge is 0.368 e. The molecule has 5 N–H and O–H groups in total. The van der Waals surface area contributed by atoms with Crippen molar-refractivity contribution in [3.05, 3.63) is 4.91 Å². The number of rotatable bonds is 15. The molecule has 0 aromatic heterocycles. The van der Waals surface area contributed by atoms with Gasteiger partial charge in [-0.3, -0.25) is 24.0 Å². The second-order valence-electron chi connectivity index (χ2n) is 5.89. The lowest BCUT2D eigenvalue weighted by atomic mass is 10.1. The third-order valence-corrected chi connectivity index (χ3v) is 4.22. The molecule has 0 aromatic rings. The van der Waals surface area contributed by atoms with Gasteiger partial charge in [0.1, 0.15) is 18.4 Å². The molecule has 0 bridgehead atoms. The molecule has 5 amide bonds. The average Bonchev–Trinajstić information content (AvgIpc) is 2.68. The maximum Gasteiger partial charge on any atom is 0.288 e. The molecule has 0 radical (unpaired) electrons. The minimum Gasteiger partial charge on any atom is -0.368 e. The Morgan fingerprint density at radius 1 is 1.10 bits per heavy atom. The van der Waals surface area contributed by atoms with Crippen molar-refractivity contribution in [3.63, 3.8) is 0 Å². The van der Waals surface area contributed by atoms with Crippen LogP contribution in [0.5, 0.6) is 0 Å². The highest BCUT2D eigenvalue weighted by Gasteiger charge is 2.27. The predicted octanol–water partition coefficient (Wildman–Crippen LogP) is -1.64. The number of carbonyl (C=O) groups excluding carboxylic acids is 6. The van der Waals surface area contributed by atoms with E-state index in [1.54, 1.807) is 6.26 Å². The van der Waals surface area contributed by atoms with Gasteiger partial charge >= 0.3 is 0 Å². The third-order valence-electron chi connectivity index (χ3n) is 3.57. The summed E-state index contributed by atoms with van der Waals surface area (Å²) in [5.74, 6) is -3.53. The molecule has 0 saturated heterocycles.